The number of rotatable bonds is 6. The number of nitrogens with two attached hydrogens (primary N) is 1. The fourth-order valence-corrected chi connectivity index (χ4v) is 3.45. The Balaban J connectivity index is 0.00000150. The lowest BCUT2D eigenvalue weighted by molar-refractivity contribution is -0.138. The van der Waals surface area contributed by atoms with Gasteiger partial charge in [0, 0.05) is 25.7 Å². The number of aromatic nitrogens is 2. The highest BCUT2D eigenvalue weighted by Gasteiger charge is 2.31. The predicted octanol–water partition coefficient (Wildman–Crippen LogP) is 0.821. The summed E-state index contributed by atoms with van der Waals surface area (Å²) in [6.07, 6.45) is 1.78. The number of morpholine rings is 1. The summed E-state index contributed by atoms with van der Waals surface area (Å²) in [4.78, 5) is 34.0. The molecule has 2 heterocycles. The number of hydrogen-bond donors (Lipinski definition) is 3. The molecule has 0 radical (unpaired) electrons. The summed E-state index contributed by atoms with van der Waals surface area (Å²) in [5.74, 6) is 1.01. The van der Waals surface area contributed by atoms with Crippen molar-refractivity contribution in [3.63, 3.8) is 0 Å². The molecule has 2 aromatic rings. The number of H-pyrrole nitrogens is 1. The molecule has 4 rings (SSSR count). The van der Waals surface area contributed by atoms with Crippen LogP contribution in [0.4, 0.5) is 0 Å². The van der Waals surface area contributed by atoms with Crippen LogP contribution in [0.15, 0.2) is 29.1 Å². The zero-order chi connectivity index (χ0) is 18.8. The van der Waals surface area contributed by atoms with E-state index in [-0.39, 0.29) is 42.3 Å². The van der Waals surface area contributed by atoms with Crippen LogP contribution in [0.25, 0.3) is 10.9 Å². The fourth-order valence-electron chi connectivity index (χ4n) is 3.45. The summed E-state index contributed by atoms with van der Waals surface area (Å²) in [5, 5.41) is 3.48. The lowest BCUT2D eigenvalue weighted by atomic mass is 10.2. The Morgan fingerprint density at radius 3 is 2.86 bits per heavy atom. The van der Waals surface area contributed by atoms with Crippen LogP contribution in [0, 0.1) is 5.92 Å². The van der Waals surface area contributed by atoms with Gasteiger partial charge in [0.25, 0.3) is 11.5 Å². The molecule has 160 valence electrons. The van der Waals surface area contributed by atoms with Crippen molar-refractivity contribution in [2.24, 2.45) is 11.7 Å². The second-order valence-electron chi connectivity index (χ2n) is 7.37. The zero-order valence-electron chi connectivity index (χ0n) is 16.0. The van der Waals surface area contributed by atoms with Gasteiger partial charge < -0.3 is 20.8 Å². The van der Waals surface area contributed by atoms with Gasteiger partial charge in [-0.1, -0.05) is 12.1 Å². The van der Waals surface area contributed by atoms with Gasteiger partial charge in [0.15, 0.2) is 0 Å². The maximum absolute atomic E-state index is 12.4. The Bertz CT molecular complexity index is 890. The van der Waals surface area contributed by atoms with Crippen LogP contribution in [0.5, 0.6) is 0 Å². The molecule has 1 saturated carbocycles. The molecule has 0 bridgehead atoms. The van der Waals surface area contributed by atoms with E-state index >= 15 is 0 Å². The first-order valence-electron chi connectivity index (χ1n) is 9.45. The Kier molecular flexibility index (Phi) is 8.42. The molecule has 4 N–H and O–H groups in total. The van der Waals surface area contributed by atoms with E-state index < -0.39 is 6.10 Å². The van der Waals surface area contributed by atoms with Gasteiger partial charge in [0.2, 0.25) is 0 Å². The summed E-state index contributed by atoms with van der Waals surface area (Å²) in [6, 6.07) is 7.29. The first kappa shape index (κ1) is 23.6. The molecule has 1 aromatic carbocycles. The number of para-hydroxylation sites is 1. The minimum atomic E-state index is -0.530. The van der Waals surface area contributed by atoms with E-state index in [4.69, 9.17) is 10.5 Å². The Hall–Kier alpha value is -1.71. The number of amides is 1. The SMILES string of the molecule is Cl.Cl.NC(CNC(=O)C1CN(Cc2nc3ccccc3c(=O)[nH]2)CCO1)C1CC1. The second-order valence-corrected chi connectivity index (χ2v) is 7.37. The Morgan fingerprint density at radius 1 is 1.34 bits per heavy atom. The number of halogens is 2. The van der Waals surface area contributed by atoms with E-state index in [0.29, 0.717) is 55.4 Å². The van der Waals surface area contributed by atoms with Crippen LogP contribution in [0.1, 0.15) is 18.7 Å². The van der Waals surface area contributed by atoms with Crippen LogP contribution in [0.2, 0.25) is 0 Å². The van der Waals surface area contributed by atoms with Crippen molar-refractivity contribution in [2.75, 3.05) is 26.2 Å². The molecular weight excluding hydrogens is 417 g/mol. The highest BCUT2D eigenvalue weighted by atomic mass is 35.5. The Morgan fingerprint density at radius 2 is 2.10 bits per heavy atom. The van der Waals surface area contributed by atoms with Gasteiger partial charge in [-0.3, -0.25) is 14.5 Å². The van der Waals surface area contributed by atoms with Gasteiger partial charge in [-0.2, -0.15) is 0 Å². The average Bonchev–Trinajstić information content (AvgIpc) is 3.51. The summed E-state index contributed by atoms with van der Waals surface area (Å²) < 4.78 is 5.62. The van der Waals surface area contributed by atoms with E-state index in [0.717, 1.165) is 12.8 Å². The first-order chi connectivity index (χ1) is 13.1. The van der Waals surface area contributed by atoms with E-state index in [9.17, 15) is 9.59 Å². The number of ether oxygens (including phenoxy) is 1. The molecular formula is C19H27Cl2N5O3. The normalized spacial score (nSPS) is 20.4. The number of aromatic amines is 1. The molecule has 29 heavy (non-hydrogen) atoms. The number of carbonyl (C=O) groups is 1. The largest absolute Gasteiger partial charge is 0.366 e. The van der Waals surface area contributed by atoms with Crippen molar-refractivity contribution < 1.29 is 9.53 Å². The minimum absolute atomic E-state index is 0. The molecule has 1 saturated heterocycles. The van der Waals surface area contributed by atoms with Crippen molar-refractivity contribution in [2.45, 2.75) is 31.5 Å². The number of hydrogen-bond acceptors (Lipinski definition) is 6. The van der Waals surface area contributed by atoms with Crippen molar-refractivity contribution >= 4 is 41.6 Å². The van der Waals surface area contributed by atoms with Crippen LogP contribution in [0.3, 0.4) is 0 Å². The minimum Gasteiger partial charge on any atom is -0.366 e. The third-order valence-corrected chi connectivity index (χ3v) is 5.22. The predicted molar refractivity (Wildman–Crippen MR) is 116 cm³/mol. The standard InChI is InChI=1S/C19H25N5O3.2ClH/c20-14(12-5-6-12)9-21-19(26)16-10-24(7-8-27-16)11-17-22-15-4-2-1-3-13(15)18(25)23-17;;/h1-4,12,14,16H,5-11,20H2,(H,21,26)(H,22,23,25);2*1H. The number of fused-ring (bicyclic) bond motifs is 1. The topological polar surface area (TPSA) is 113 Å². The highest BCUT2D eigenvalue weighted by Crippen LogP contribution is 2.31. The Labute approximate surface area is 181 Å². The maximum atomic E-state index is 12.4. The van der Waals surface area contributed by atoms with Gasteiger partial charge in [-0.25, -0.2) is 4.98 Å². The molecule has 8 nitrogen and oxygen atoms in total. The number of nitrogens with one attached hydrogen (secondary N) is 2. The molecule has 10 heteroatoms. The molecule has 1 aromatic heterocycles. The van der Waals surface area contributed by atoms with E-state index in [2.05, 4.69) is 20.2 Å². The quantitative estimate of drug-likeness (QED) is 0.608. The van der Waals surface area contributed by atoms with Crippen LogP contribution >= 0.6 is 24.8 Å². The first-order valence-corrected chi connectivity index (χ1v) is 9.45. The lowest BCUT2D eigenvalue weighted by Gasteiger charge is -2.32. The van der Waals surface area contributed by atoms with Gasteiger partial charge in [-0.15, -0.1) is 24.8 Å². The van der Waals surface area contributed by atoms with Crippen molar-refractivity contribution in [3.8, 4) is 0 Å². The van der Waals surface area contributed by atoms with Gasteiger partial charge in [0.05, 0.1) is 24.1 Å². The highest BCUT2D eigenvalue weighted by molar-refractivity contribution is 5.85. The lowest BCUT2D eigenvalue weighted by Crippen LogP contribution is -2.51. The van der Waals surface area contributed by atoms with Gasteiger partial charge in [-0.05, 0) is 30.9 Å². The van der Waals surface area contributed by atoms with E-state index in [1.165, 1.54) is 0 Å². The molecule has 1 aliphatic heterocycles. The number of carbonyl (C=O) groups excluding carboxylic acids is 1. The van der Waals surface area contributed by atoms with Crippen LogP contribution in [-0.2, 0) is 16.1 Å². The van der Waals surface area contributed by atoms with Crippen LogP contribution in [-0.4, -0.2) is 59.2 Å². The second kappa shape index (κ2) is 10.4. The summed E-state index contributed by atoms with van der Waals surface area (Å²) in [6.45, 7) is 2.56. The van der Waals surface area contributed by atoms with Gasteiger partial charge >= 0.3 is 0 Å². The third kappa shape index (κ3) is 5.90. The third-order valence-electron chi connectivity index (χ3n) is 5.22. The average molecular weight is 444 g/mol. The summed E-state index contributed by atoms with van der Waals surface area (Å²) in [5.41, 5.74) is 6.57. The molecule has 1 aliphatic carbocycles. The smallest absolute Gasteiger partial charge is 0.258 e. The van der Waals surface area contributed by atoms with E-state index in [1.807, 2.05) is 18.2 Å². The molecule has 0 spiro atoms. The molecule has 2 unspecified atom stereocenters. The van der Waals surface area contributed by atoms with Crippen molar-refractivity contribution in [1.82, 2.24) is 20.2 Å². The molecule has 2 atom stereocenters. The number of benzene rings is 1. The molecule has 2 fully saturated rings. The summed E-state index contributed by atoms with van der Waals surface area (Å²) >= 11 is 0. The van der Waals surface area contributed by atoms with Gasteiger partial charge in [0.1, 0.15) is 11.9 Å². The molecule has 2 aliphatic rings. The monoisotopic (exact) mass is 443 g/mol. The maximum Gasteiger partial charge on any atom is 0.258 e. The van der Waals surface area contributed by atoms with Crippen LogP contribution < -0.4 is 16.6 Å². The summed E-state index contributed by atoms with van der Waals surface area (Å²) in [7, 11) is 0. The zero-order valence-corrected chi connectivity index (χ0v) is 17.6. The van der Waals surface area contributed by atoms with Crippen molar-refractivity contribution in [1.29, 1.82) is 0 Å². The molecule has 1 amide bonds. The van der Waals surface area contributed by atoms with E-state index in [1.54, 1.807) is 6.07 Å². The fraction of sp³-hybridized carbons (Fsp3) is 0.526. The van der Waals surface area contributed by atoms with Crippen molar-refractivity contribution in [3.05, 3.63) is 40.4 Å². The number of nitrogens with zero attached hydrogens (tertiary/aromatic N) is 2.